The summed E-state index contributed by atoms with van der Waals surface area (Å²) in [5.41, 5.74) is 2.50. The molecule has 0 aliphatic rings. The van der Waals surface area contributed by atoms with Gasteiger partial charge in [-0.1, -0.05) is 57.9 Å². The van der Waals surface area contributed by atoms with Crippen LogP contribution in [0.25, 0.3) is 0 Å². The smallest absolute Gasteiger partial charge is 0.0843 e. The van der Waals surface area contributed by atoms with E-state index in [2.05, 4.69) is 59.1 Å². The van der Waals surface area contributed by atoms with Crippen molar-refractivity contribution in [3.63, 3.8) is 0 Å². The number of aliphatic hydroxyl groups excluding tert-OH is 1. The van der Waals surface area contributed by atoms with Crippen LogP contribution in [0.2, 0.25) is 0 Å². The molecule has 0 aliphatic carbocycles. The molecule has 132 valence electrons. The number of hydrogen-bond donors (Lipinski definition) is 1. The normalized spacial score (nSPS) is 13.5. The second-order valence-corrected chi connectivity index (χ2v) is 7.63. The van der Waals surface area contributed by atoms with Crippen LogP contribution in [0.3, 0.4) is 0 Å². The molecule has 0 amide bonds. The van der Waals surface area contributed by atoms with E-state index in [0.29, 0.717) is 5.92 Å². The van der Waals surface area contributed by atoms with Crippen LogP contribution >= 0.6 is 0 Å². The Labute approximate surface area is 144 Å². The van der Waals surface area contributed by atoms with Gasteiger partial charge in [-0.25, -0.2) is 0 Å². The molecule has 1 unspecified atom stereocenters. The van der Waals surface area contributed by atoms with Crippen molar-refractivity contribution in [2.45, 2.75) is 71.3 Å². The van der Waals surface area contributed by atoms with Crippen LogP contribution < -0.4 is 0 Å². The molecule has 1 aromatic carbocycles. The maximum absolute atomic E-state index is 10.6. The van der Waals surface area contributed by atoms with E-state index < -0.39 is 0 Å². The molecule has 0 saturated carbocycles. The first-order valence-corrected chi connectivity index (χ1v) is 9.53. The Morgan fingerprint density at radius 1 is 0.870 bits per heavy atom. The standard InChI is InChI=1S/C21H38NO/c1-6-10-18(11-7-2)19-12-9-13-20(17-19)21(23)14-16-22(4,5)15-8-3/h9,12-13,17-18,21,23H,6-8,10-11,14-16H2,1-5H3/q+1. The lowest BCUT2D eigenvalue weighted by Gasteiger charge is -2.30. The molecule has 1 aromatic rings. The van der Waals surface area contributed by atoms with E-state index in [0.717, 1.165) is 23.0 Å². The highest BCUT2D eigenvalue weighted by Gasteiger charge is 2.18. The molecule has 0 saturated heterocycles. The van der Waals surface area contributed by atoms with E-state index in [9.17, 15) is 5.11 Å². The average Bonchev–Trinajstić information content (AvgIpc) is 2.52. The topological polar surface area (TPSA) is 20.2 Å². The SMILES string of the molecule is CCCC(CCC)c1cccc(C(O)CC[N+](C)(C)CCC)c1. The van der Waals surface area contributed by atoms with Crippen molar-refractivity contribution >= 4 is 0 Å². The summed E-state index contributed by atoms with van der Waals surface area (Å²) in [4.78, 5) is 0. The number of benzene rings is 1. The Hall–Kier alpha value is -0.860. The van der Waals surface area contributed by atoms with E-state index in [1.807, 2.05) is 0 Å². The predicted octanol–water partition coefficient (Wildman–Crippen LogP) is 5.28. The molecule has 0 aliphatic heterocycles. The van der Waals surface area contributed by atoms with E-state index >= 15 is 0 Å². The Balaban J connectivity index is 2.74. The highest BCUT2D eigenvalue weighted by molar-refractivity contribution is 5.28. The summed E-state index contributed by atoms with van der Waals surface area (Å²) in [6, 6.07) is 8.70. The molecule has 2 nitrogen and oxygen atoms in total. The minimum absolute atomic E-state index is 0.340. The summed E-state index contributed by atoms with van der Waals surface area (Å²) in [7, 11) is 4.51. The van der Waals surface area contributed by atoms with Crippen LogP contribution in [-0.2, 0) is 0 Å². The molecular weight excluding hydrogens is 282 g/mol. The van der Waals surface area contributed by atoms with Crippen molar-refractivity contribution in [1.82, 2.24) is 0 Å². The zero-order chi connectivity index (χ0) is 17.3. The average molecular weight is 321 g/mol. The summed E-state index contributed by atoms with van der Waals surface area (Å²) < 4.78 is 0.988. The van der Waals surface area contributed by atoms with Crippen molar-refractivity contribution in [3.05, 3.63) is 35.4 Å². The number of rotatable bonds is 11. The zero-order valence-electron chi connectivity index (χ0n) is 16.0. The van der Waals surface area contributed by atoms with Gasteiger partial charge in [0.1, 0.15) is 0 Å². The van der Waals surface area contributed by atoms with Gasteiger partial charge in [-0.2, -0.15) is 0 Å². The summed E-state index contributed by atoms with van der Waals surface area (Å²) in [5, 5.41) is 10.6. The number of aliphatic hydroxyl groups is 1. The van der Waals surface area contributed by atoms with Gasteiger partial charge >= 0.3 is 0 Å². The monoisotopic (exact) mass is 320 g/mol. The van der Waals surface area contributed by atoms with Crippen LogP contribution in [0.15, 0.2) is 24.3 Å². The molecule has 0 bridgehead atoms. The molecule has 23 heavy (non-hydrogen) atoms. The quantitative estimate of drug-likeness (QED) is 0.550. The minimum Gasteiger partial charge on any atom is -0.388 e. The zero-order valence-corrected chi connectivity index (χ0v) is 16.0. The van der Waals surface area contributed by atoms with Crippen LogP contribution in [0.4, 0.5) is 0 Å². The van der Waals surface area contributed by atoms with Crippen molar-refractivity contribution < 1.29 is 9.59 Å². The van der Waals surface area contributed by atoms with Gasteiger partial charge in [0.15, 0.2) is 0 Å². The summed E-state index contributed by atoms with van der Waals surface area (Å²) >= 11 is 0. The summed E-state index contributed by atoms with van der Waals surface area (Å²) in [6.07, 6.45) is 6.62. The Morgan fingerprint density at radius 2 is 1.48 bits per heavy atom. The molecule has 0 aromatic heterocycles. The van der Waals surface area contributed by atoms with Gasteiger partial charge in [-0.3, -0.25) is 0 Å². The second-order valence-electron chi connectivity index (χ2n) is 7.63. The van der Waals surface area contributed by atoms with Gasteiger partial charge in [0.25, 0.3) is 0 Å². The maximum Gasteiger partial charge on any atom is 0.0843 e. The molecular formula is C21H38NO+. The molecule has 1 atom stereocenters. The van der Waals surface area contributed by atoms with Crippen molar-refractivity contribution in [2.75, 3.05) is 27.2 Å². The molecule has 1 rings (SSSR count). The van der Waals surface area contributed by atoms with Gasteiger partial charge < -0.3 is 9.59 Å². The minimum atomic E-state index is -0.340. The van der Waals surface area contributed by atoms with Crippen molar-refractivity contribution in [2.24, 2.45) is 0 Å². The molecule has 0 spiro atoms. The van der Waals surface area contributed by atoms with Crippen LogP contribution in [0.1, 0.15) is 82.4 Å². The Bertz CT molecular complexity index is 435. The molecule has 0 heterocycles. The third-order valence-electron chi connectivity index (χ3n) is 4.88. The van der Waals surface area contributed by atoms with Gasteiger partial charge in [-0.15, -0.1) is 0 Å². The third kappa shape index (κ3) is 7.05. The number of quaternary nitrogens is 1. The first-order valence-electron chi connectivity index (χ1n) is 9.53. The van der Waals surface area contributed by atoms with Crippen molar-refractivity contribution in [1.29, 1.82) is 0 Å². The fraction of sp³-hybridized carbons (Fsp3) is 0.714. The highest BCUT2D eigenvalue weighted by Crippen LogP contribution is 2.29. The lowest BCUT2D eigenvalue weighted by atomic mass is 9.88. The van der Waals surface area contributed by atoms with E-state index in [1.165, 1.54) is 44.2 Å². The van der Waals surface area contributed by atoms with Gasteiger partial charge in [-0.05, 0) is 36.3 Å². The summed E-state index contributed by atoms with van der Waals surface area (Å²) in [6.45, 7) is 8.93. The molecule has 0 fully saturated rings. The van der Waals surface area contributed by atoms with Crippen molar-refractivity contribution in [3.8, 4) is 0 Å². The Morgan fingerprint density at radius 3 is 2.04 bits per heavy atom. The molecule has 1 N–H and O–H groups in total. The second kappa shape index (κ2) is 10.1. The first kappa shape index (κ1) is 20.2. The van der Waals surface area contributed by atoms with E-state index in [1.54, 1.807) is 0 Å². The molecule has 0 radical (unpaired) electrons. The van der Waals surface area contributed by atoms with E-state index in [-0.39, 0.29) is 6.10 Å². The van der Waals surface area contributed by atoms with Crippen LogP contribution in [0.5, 0.6) is 0 Å². The maximum atomic E-state index is 10.6. The fourth-order valence-electron chi connectivity index (χ4n) is 3.55. The lowest BCUT2D eigenvalue weighted by Crippen LogP contribution is -2.41. The first-order chi connectivity index (χ1) is 10.9. The third-order valence-corrected chi connectivity index (χ3v) is 4.88. The van der Waals surface area contributed by atoms with Gasteiger partial charge in [0.2, 0.25) is 0 Å². The Kier molecular flexibility index (Phi) is 8.86. The van der Waals surface area contributed by atoms with E-state index in [4.69, 9.17) is 0 Å². The summed E-state index contributed by atoms with van der Waals surface area (Å²) in [5.74, 6) is 0.643. The molecule has 2 heteroatoms. The number of hydrogen-bond acceptors (Lipinski definition) is 1. The van der Waals surface area contributed by atoms with Crippen LogP contribution in [0, 0.1) is 0 Å². The highest BCUT2D eigenvalue weighted by atomic mass is 16.3. The van der Waals surface area contributed by atoms with Gasteiger partial charge in [0, 0.05) is 6.42 Å². The largest absolute Gasteiger partial charge is 0.388 e. The predicted molar refractivity (Wildman–Crippen MR) is 101 cm³/mol. The fourth-order valence-corrected chi connectivity index (χ4v) is 3.55. The number of nitrogens with zero attached hydrogens (tertiary/aromatic N) is 1. The van der Waals surface area contributed by atoms with Gasteiger partial charge in [0.05, 0.1) is 33.3 Å². The van der Waals surface area contributed by atoms with Crippen LogP contribution in [-0.4, -0.2) is 36.8 Å². The lowest BCUT2D eigenvalue weighted by molar-refractivity contribution is -0.891.